The van der Waals surface area contributed by atoms with Crippen LogP contribution in [0.1, 0.15) is 85.5 Å². The summed E-state index contributed by atoms with van der Waals surface area (Å²) >= 11 is 0. The molecule has 0 spiro atoms. The van der Waals surface area contributed by atoms with Crippen molar-refractivity contribution >= 4 is 12.2 Å². The molecule has 152 valence electrons. The number of nitrogens with one attached hydrogen (secondary N) is 2. The first-order valence-electron chi connectivity index (χ1n) is 10.1. The van der Waals surface area contributed by atoms with Gasteiger partial charge in [0.25, 0.3) is 0 Å². The number of hydrogen-bond donors (Lipinski definition) is 3. The predicted octanol–water partition coefficient (Wildman–Crippen LogP) is 4.93. The number of unbranched alkanes of at least 4 members (excludes halogenated alkanes) is 5. The van der Waals surface area contributed by atoms with E-state index in [1.807, 2.05) is 0 Å². The van der Waals surface area contributed by atoms with Crippen molar-refractivity contribution in [3.63, 3.8) is 0 Å². The van der Waals surface area contributed by atoms with Crippen molar-refractivity contribution in [3.8, 4) is 0 Å². The van der Waals surface area contributed by atoms with E-state index in [9.17, 15) is 9.59 Å². The average molecular weight is 371 g/mol. The van der Waals surface area contributed by atoms with Gasteiger partial charge in [-0.2, -0.15) is 0 Å². The minimum atomic E-state index is -0.985. The zero-order valence-corrected chi connectivity index (χ0v) is 17.0. The lowest BCUT2D eigenvalue weighted by Crippen LogP contribution is -2.50. The number of alkyl carbamates (subject to hydrolysis) is 1. The van der Waals surface area contributed by atoms with Gasteiger partial charge in [-0.1, -0.05) is 59.8 Å². The van der Waals surface area contributed by atoms with Crippen molar-refractivity contribution in [2.45, 2.75) is 91.5 Å². The van der Waals surface area contributed by atoms with Crippen LogP contribution in [0.25, 0.3) is 0 Å². The molecule has 0 aromatic carbocycles. The third kappa shape index (κ3) is 9.30. The quantitative estimate of drug-likeness (QED) is 0.476. The first-order valence-corrected chi connectivity index (χ1v) is 10.1. The molecule has 3 N–H and O–H groups in total. The van der Waals surface area contributed by atoms with E-state index in [-0.39, 0.29) is 23.0 Å². The number of amides is 2. The molecule has 6 heteroatoms. The number of carbonyl (C=O) groups is 2. The molecule has 0 aromatic rings. The van der Waals surface area contributed by atoms with Gasteiger partial charge in [-0.15, -0.1) is 0 Å². The molecular weight excluding hydrogens is 332 g/mol. The molecule has 2 amide bonds. The molecule has 1 rings (SSSR count). The maximum Gasteiger partial charge on any atom is 0.407 e. The topological polar surface area (TPSA) is 87.7 Å². The summed E-state index contributed by atoms with van der Waals surface area (Å²) in [4.78, 5) is 22.9. The van der Waals surface area contributed by atoms with E-state index in [2.05, 4.69) is 38.3 Å². The smallest absolute Gasteiger partial charge is 0.407 e. The van der Waals surface area contributed by atoms with Crippen LogP contribution in [0.15, 0.2) is 0 Å². The second-order valence-electron chi connectivity index (χ2n) is 8.96. The minimum Gasteiger partial charge on any atom is -0.465 e. The summed E-state index contributed by atoms with van der Waals surface area (Å²) in [7, 11) is 0. The maximum atomic E-state index is 11.9. The van der Waals surface area contributed by atoms with Crippen LogP contribution in [0.3, 0.4) is 0 Å². The monoisotopic (exact) mass is 370 g/mol. The molecule has 1 aliphatic carbocycles. The van der Waals surface area contributed by atoms with Gasteiger partial charge in [0, 0.05) is 12.6 Å². The van der Waals surface area contributed by atoms with E-state index in [0.717, 1.165) is 32.1 Å². The Labute approximate surface area is 158 Å². The van der Waals surface area contributed by atoms with Gasteiger partial charge in [0.05, 0.1) is 6.61 Å². The molecule has 0 aliphatic heterocycles. The Morgan fingerprint density at radius 2 is 1.73 bits per heavy atom. The van der Waals surface area contributed by atoms with E-state index in [1.165, 1.54) is 25.7 Å². The van der Waals surface area contributed by atoms with Crippen LogP contribution < -0.4 is 10.6 Å². The number of carboxylic acid groups (broad SMARTS) is 1. The van der Waals surface area contributed by atoms with Crippen molar-refractivity contribution in [1.29, 1.82) is 0 Å². The third-order valence-corrected chi connectivity index (χ3v) is 5.16. The largest absolute Gasteiger partial charge is 0.465 e. The first-order chi connectivity index (χ1) is 12.2. The minimum absolute atomic E-state index is 0.0319. The summed E-state index contributed by atoms with van der Waals surface area (Å²) < 4.78 is 5.27. The summed E-state index contributed by atoms with van der Waals surface area (Å²) in [5.74, 6) is 0. The van der Waals surface area contributed by atoms with Gasteiger partial charge < -0.3 is 20.5 Å². The Morgan fingerprint density at radius 1 is 1.08 bits per heavy atom. The summed E-state index contributed by atoms with van der Waals surface area (Å²) in [6.45, 7) is 9.57. The van der Waals surface area contributed by atoms with E-state index < -0.39 is 6.09 Å². The second-order valence-corrected chi connectivity index (χ2v) is 8.96. The fourth-order valence-corrected chi connectivity index (χ4v) is 4.43. The molecule has 0 saturated heterocycles. The Bertz CT molecular complexity index is 453. The van der Waals surface area contributed by atoms with Gasteiger partial charge in [0.15, 0.2) is 0 Å². The second kappa shape index (κ2) is 10.6. The Hall–Kier alpha value is -1.46. The fourth-order valence-electron chi connectivity index (χ4n) is 4.43. The van der Waals surface area contributed by atoms with Gasteiger partial charge in [-0.3, -0.25) is 0 Å². The van der Waals surface area contributed by atoms with Gasteiger partial charge in [0.2, 0.25) is 0 Å². The van der Waals surface area contributed by atoms with Crippen molar-refractivity contribution in [3.05, 3.63) is 0 Å². The number of hydrogen-bond acceptors (Lipinski definition) is 3. The van der Waals surface area contributed by atoms with E-state index in [0.29, 0.717) is 13.2 Å². The zero-order valence-electron chi connectivity index (χ0n) is 17.0. The van der Waals surface area contributed by atoms with Crippen LogP contribution >= 0.6 is 0 Å². The SMILES string of the molecule is CCCCCCCCOC(=O)NCC1(C)CC(NC(=O)O)CC(C)(C)C1. The van der Waals surface area contributed by atoms with Gasteiger partial charge in [-0.25, -0.2) is 9.59 Å². The molecule has 1 saturated carbocycles. The summed E-state index contributed by atoms with van der Waals surface area (Å²) in [6, 6.07) is -0.0813. The summed E-state index contributed by atoms with van der Waals surface area (Å²) in [6.07, 6.45) is 8.09. The van der Waals surface area contributed by atoms with Crippen LogP contribution in [0, 0.1) is 10.8 Å². The molecule has 0 radical (unpaired) electrons. The van der Waals surface area contributed by atoms with Crippen molar-refractivity contribution in [2.24, 2.45) is 10.8 Å². The highest BCUT2D eigenvalue weighted by atomic mass is 16.5. The van der Waals surface area contributed by atoms with Crippen LogP contribution in [0.5, 0.6) is 0 Å². The molecular formula is C20H38N2O4. The molecule has 2 atom stereocenters. The lowest BCUT2D eigenvalue weighted by atomic mass is 9.62. The molecule has 1 fully saturated rings. The number of carbonyl (C=O) groups excluding carboxylic acids is 1. The molecule has 26 heavy (non-hydrogen) atoms. The van der Waals surface area contributed by atoms with Gasteiger partial charge >= 0.3 is 12.2 Å². The lowest BCUT2D eigenvalue weighted by molar-refractivity contribution is 0.0662. The van der Waals surface area contributed by atoms with Gasteiger partial charge in [0.1, 0.15) is 0 Å². The Morgan fingerprint density at radius 3 is 2.38 bits per heavy atom. The predicted molar refractivity (Wildman–Crippen MR) is 103 cm³/mol. The zero-order chi connectivity index (χ0) is 19.6. The van der Waals surface area contributed by atoms with E-state index >= 15 is 0 Å². The van der Waals surface area contributed by atoms with Gasteiger partial charge in [-0.05, 0) is 36.5 Å². The highest BCUT2D eigenvalue weighted by Crippen LogP contribution is 2.45. The number of rotatable bonds is 10. The molecule has 1 aliphatic rings. The highest BCUT2D eigenvalue weighted by Gasteiger charge is 2.41. The summed E-state index contributed by atoms with van der Waals surface area (Å²) in [5, 5.41) is 14.5. The number of ether oxygens (including phenoxy) is 1. The standard InChI is InChI=1S/C20H38N2O4/c1-5-6-7-8-9-10-11-26-18(25)21-15-20(4)13-16(22-17(23)24)12-19(2,3)14-20/h16,22H,5-15H2,1-4H3,(H,21,25)(H,23,24). The Balaban J connectivity index is 2.32. The molecule has 0 heterocycles. The first kappa shape index (κ1) is 22.6. The lowest BCUT2D eigenvalue weighted by Gasteiger charge is -2.46. The fraction of sp³-hybridized carbons (Fsp3) is 0.900. The average Bonchev–Trinajstić information content (AvgIpc) is 2.49. The third-order valence-electron chi connectivity index (χ3n) is 5.16. The van der Waals surface area contributed by atoms with Crippen LogP contribution in [-0.4, -0.2) is 36.5 Å². The molecule has 6 nitrogen and oxygen atoms in total. The van der Waals surface area contributed by atoms with Crippen molar-refractivity contribution in [2.75, 3.05) is 13.2 Å². The molecule has 2 unspecified atom stereocenters. The Kier molecular flexibility index (Phi) is 9.23. The van der Waals surface area contributed by atoms with E-state index in [1.54, 1.807) is 0 Å². The van der Waals surface area contributed by atoms with Crippen molar-refractivity contribution in [1.82, 2.24) is 10.6 Å². The summed E-state index contributed by atoms with van der Waals surface area (Å²) in [5.41, 5.74) is -0.113. The molecule has 0 bridgehead atoms. The van der Waals surface area contributed by atoms with Crippen LogP contribution in [-0.2, 0) is 4.74 Å². The van der Waals surface area contributed by atoms with Crippen LogP contribution in [0.2, 0.25) is 0 Å². The molecule has 0 aromatic heterocycles. The van der Waals surface area contributed by atoms with Crippen molar-refractivity contribution < 1.29 is 19.4 Å². The van der Waals surface area contributed by atoms with Crippen LogP contribution in [0.4, 0.5) is 9.59 Å². The normalized spacial score (nSPS) is 24.7. The maximum absolute atomic E-state index is 11.9. The van der Waals surface area contributed by atoms with E-state index in [4.69, 9.17) is 9.84 Å². The highest BCUT2D eigenvalue weighted by molar-refractivity contribution is 5.67.